The van der Waals surface area contributed by atoms with Crippen molar-refractivity contribution >= 4 is 33.6 Å². The van der Waals surface area contributed by atoms with Gasteiger partial charge in [-0.3, -0.25) is 14.5 Å². The van der Waals surface area contributed by atoms with E-state index in [1.54, 1.807) is 24.4 Å². The Labute approximate surface area is 197 Å². The third-order valence-electron chi connectivity index (χ3n) is 6.01. The Bertz CT molecular complexity index is 1650. The van der Waals surface area contributed by atoms with E-state index >= 15 is 0 Å². The minimum atomic E-state index is -0.559. The van der Waals surface area contributed by atoms with E-state index in [1.807, 2.05) is 11.9 Å². The molecular formula is C24H19F2N7O2. The molecule has 0 radical (unpaired) electrons. The maximum absolute atomic E-state index is 14.7. The fourth-order valence-electron chi connectivity index (χ4n) is 4.36. The summed E-state index contributed by atoms with van der Waals surface area (Å²) in [7, 11) is 1.90. The Hall–Kier alpha value is -4.54. The number of nitrogens with one attached hydrogen (secondary N) is 2. The number of hydrogen-bond acceptors (Lipinski definition) is 7. The van der Waals surface area contributed by atoms with Gasteiger partial charge in [0.25, 0.3) is 5.56 Å². The second kappa shape index (κ2) is 8.05. The molecule has 1 atom stereocenters. The summed E-state index contributed by atoms with van der Waals surface area (Å²) in [6.45, 7) is 0.885. The third-order valence-corrected chi connectivity index (χ3v) is 6.01. The molecule has 0 spiro atoms. The normalized spacial score (nSPS) is 15.3. The molecule has 0 saturated heterocycles. The van der Waals surface area contributed by atoms with Gasteiger partial charge in [-0.2, -0.15) is 10.1 Å². The fraction of sp³-hybridized carbons (Fsp3) is 0.167. The van der Waals surface area contributed by atoms with E-state index in [2.05, 4.69) is 25.5 Å². The van der Waals surface area contributed by atoms with Gasteiger partial charge in [0.1, 0.15) is 23.5 Å². The molecule has 2 aromatic carbocycles. The van der Waals surface area contributed by atoms with E-state index in [4.69, 9.17) is 4.74 Å². The van der Waals surface area contributed by atoms with Crippen LogP contribution in [0.3, 0.4) is 0 Å². The van der Waals surface area contributed by atoms with Gasteiger partial charge in [-0.05, 0) is 24.3 Å². The Balaban J connectivity index is 1.37. The molecule has 1 unspecified atom stereocenters. The van der Waals surface area contributed by atoms with Crippen LogP contribution in [0.15, 0.2) is 59.7 Å². The summed E-state index contributed by atoms with van der Waals surface area (Å²) in [5.41, 5.74) is 1.13. The summed E-state index contributed by atoms with van der Waals surface area (Å²) < 4.78 is 35.5. The molecule has 0 aliphatic carbocycles. The number of ether oxygens (including phenoxy) is 1. The second-order valence-electron chi connectivity index (χ2n) is 8.29. The van der Waals surface area contributed by atoms with Crippen LogP contribution in [-0.2, 0) is 0 Å². The third kappa shape index (κ3) is 3.52. The number of anilines is 2. The van der Waals surface area contributed by atoms with Gasteiger partial charge in [-0.1, -0.05) is 12.1 Å². The van der Waals surface area contributed by atoms with Crippen LogP contribution >= 0.6 is 0 Å². The number of nitrogens with zero attached hydrogens (tertiary/aromatic N) is 5. The highest BCUT2D eigenvalue weighted by Gasteiger charge is 2.24. The Morgan fingerprint density at radius 1 is 1.14 bits per heavy atom. The average molecular weight is 475 g/mol. The molecule has 35 heavy (non-hydrogen) atoms. The van der Waals surface area contributed by atoms with Crippen LogP contribution in [0.5, 0.6) is 5.75 Å². The van der Waals surface area contributed by atoms with Crippen LogP contribution < -0.4 is 20.5 Å². The summed E-state index contributed by atoms with van der Waals surface area (Å²) in [5, 5.41) is 10.7. The van der Waals surface area contributed by atoms with Crippen molar-refractivity contribution < 1.29 is 13.5 Å². The zero-order valence-electron chi connectivity index (χ0n) is 18.5. The average Bonchev–Trinajstić information content (AvgIpc) is 3.34. The Morgan fingerprint density at radius 3 is 2.86 bits per heavy atom. The van der Waals surface area contributed by atoms with Gasteiger partial charge < -0.3 is 15.0 Å². The lowest BCUT2D eigenvalue weighted by Gasteiger charge is -2.33. The van der Waals surface area contributed by atoms with Crippen LogP contribution in [0.2, 0.25) is 0 Å². The smallest absolute Gasteiger partial charge is 0.267 e. The molecule has 0 saturated carbocycles. The number of fused-ring (bicyclic) bond motifs is 4. The van der Waals surface area contributed by atoms with Crippen molar-refractivity contribution in [3.8, 4) is 11.4 Å². The number of likely N-dealkylation sites (N-methyl/N-ethyl adjacent to an activating group) is 1. The van der Waals surface area contributed by atoms with Gasteiger partial charge in [0.15, 0.2) is 5.65 Å². The molecule has 6 rings (SSSR count). The SMILES string of the molecule is CN1CC(CNc2ncc3c4[nH]ncc4c(=O)n(-c4ccccc4F)c3n2)Oc2cc(F)ccc21. The molecule has 9 nitrogen and oxygen atoms in total. The minimum Gasteiger partial charge on any atom is -0.484 e. The lowest BCUT2D eigenvalue weighted by Crippen LogP contribution is -2.41. The van der Waals surface area contributed by atoms with Crippen molar-refractivity contribution in [2.75, 3.05) is 30.4 Å². The number of hydrogen-bond donors (Lipinski definition) is 2. The first-order chi connectivity index (χ1) is 17.0. The van der Waals surface area contributed by atoms with Crippen molar-refractivity contribution in [3.05, 3.63) is 76.8 Å². The lowest BCUT2D eigenvalue weighted by molar-refractivity contribution is 0.207. The molecule has 1 aliphatic heterocycles. The molecule has 0 amide bonds. The number of aromatic amines is 1. The van der Waals surface area contributed by atoms with E-state index in [0.29, 0.717) is 35.1 Å². The molecule has 176 valence electrons. The maximum Gasteiger partial charge on any atom is 0.267 e. The number of H-pyrrole nitrogens is 1. The van der Waals surface area contributed by atoms with Crippen molar-refractivity contribution in [3.63, 3.8) is 0 Å². The standard InChI is InChI=1S/C24H19F2N7O2/c1-32-12-14(35-20-8-13(25)6-7-19(20)32)9-27-24-28-10-15-21-16(11-29-31-21)23(34)33(22(15)30-24)18-5-3-2-4-17(18)26/h2-8,10-11,14H,9,12H2,1H3,(H,29,31)(H,27,28,30). The van der Waals surface area contributed by atoms with Crippen LogP contribution in [0.4, 0.5) is 20.4 Å². The van der Waals surface area contributed by atoms with E-state index in [9.17, 15) is 13.6 Å². The van der Waals surface area contributed by atoms with E-state index in [1.165, 1.54) is 35.0 Å². The predicted octanol–water partition coefficient (Wildman–Crippen LogP) is 3.24. The van der Waals surface area contributed by atoms with E-state index < -0.39 is 11.4 Å². The summed E-state index contributed by atoms with van der Waals surface area (Å²) in [6, 6.07) is 10.4. The van der Waals surface area contributed by atoms with Crippen LogP contribution in [0.25, 0.3) is 27.6 Å². The quantitative estimate of drug-likeness (QED) is 0.412. The van der Waals surface area contributed by atoms with E-state index in [-0.39, 0.29) is 29.2 Å². The molecule has 2 N–H and O–H groups in total. The number of halogens is 2. The van der Waals surface area contributed by atoms with Gasteiger partial charge in [0, 0.05) is 19.3 Å². The first-order valence-corrected chi connectivity index (χ1v) is 10.9. The second-order valence-corrected chi connectivity index (χ2v) is 8.29. The zero-order valence-corrected chi connectivity index (χ0v) is 18.5. The summed E-state index contributed by atoms with van der Waals surface area (Å²) in [4.78, 5) is 24.2. The molecule has 0 bridgehead atoms. The number of benzene rings is 2. The van der Waals surface area contributed by atoms with Crippen LogP contribution in [-0.4, -0.2) is 51.0 Å². The monoisotopic (exact) mass is 475 g/mol. The molecule has 1 aliphatic rings. The molecule has 5 aromatic rings. The number of pyridine rings is 1. The summed E-state index contributed by atoms with van der Waals surface area (Å²) in [5.74, 6) is -0.242. The highest BCUT2D eigenvalue weighted by Crippen LogP contribution is 2.33. The van der Waals surface area contributed by atoms with Crippen molar-refractivity contribution in [1.82, 2.24) is 24.7 Å². The van der Waals surface area contributed by atoms with Gasteiger partial charge in [0.2, 0.25) is 5.95 Å². The number of aromatic nitrogens is 5. The lowest BCUT2D eigenvalue weighted by atomic mass is 10.2. The van der Waals surface area contributed by atoms with Gasteiger partial charge in [0.05, 0.1) is 47.0 Å². The molecule has 3 aromatic heterocycles. The van der Waals surface area contributed by atoms with Crippen LogP contribution in [0.1, 0.15) is 0 Å². The Morgan fingerprint density at radius 2 is 2.00 bits per heavy atom. The van der Waals surface area contributed by atoms with Crippen molar-refractivity contribution in [2.45, 2.75) is 6.10 Å². The zero-order chi connectivity index (χ0) is 24.1. The predicted molar refractivity (Wildman–Crippen MR) is 127 cm³/mol. The highest BCUT2D eigenvalue weighted by atomic mass is 19.1. The summed E-state index contributed by atoms with van der Waals surface area (Å²) in [6.07, 6.45) is 2.65. The Kier molecular flexibility index (Phi) is 4.83. The molecule has 4 heterocycles. The fourth-order valence-corrected chi connectivity index (χ4v) is 4.36. The minimum absolute atomic E-state index is 0.0751. The molecule has 11 heteroatoms. The first-order valence-electron chi connectivity index (χ1n) is 10.9. The topological polar surface area (TPSA) is 101 Å². The van der Waals surface area contributed by atoms with Crippen molar-refractivity contribution in [2.24, 2.45) is 0 Å². The number of rotatable bonds is 4. The molecule has 0 fully saturated rings. The highest BCUT2D eigenvalue weighted by molar-refractivity contribution is 6.02. The maximum atomic E-state index is 14.7. The van der Waals surface area contributed by atoms with Crippen LogP contribution in [0, 0.1) is 11.6 Å². The molecular weight excluding hydrogens is 456 g/mol. The van der Waals surface area contributed by atoms with Gasteiger partial charge in [-0.15, -0.1) is 0 Å². The van der Waals surface area contributed by atoms with Gasteiger partial charge in [-0.25, -0.2) is 13.8 Å². The first kappa shape index (κ1) is 21.0. The van der Waals surface area contributed by atoms with E-state index in [0.717, 1.165) is 5.69 Å². The van der Waals surface area contributed by atoms with Gasteiger partial charge >= 0.3 is 0 Å². The largest absolute Gasteiger partial charge is 0.484 e. The summed E-state index contributed by atoms with van der Waals surface area (Å²) >= 11 is 0. The number of para-hydroxylation sites is 1. The van der Waals surface area contributed by atoms with Crippen molar-refractivity contribution in [1.29, 1.82) is 0 Å².